The van der Waals surface area contributed by atoms with Gasteiger partial charge in [-0.25, -0.2) is 4.98 Å². The fraction of sp³-hybridized carbons (Fsp3) is 0.0909. The third-order valence-corrected chi connectivity index (χ3v) is 4.56. The van der Waals surface area contributed by atoms with Crippen LogP contribution in [-0.2, 0) is 4.79 Å². The molecular weight excluding hydrogens is 338 g/mol. The molecule has 0 fully saturated rings. The number of nitrogens with zero attached hydrogens (tertiary/aromatic N) is 3. The summed E-state index contributed by atoms with van der Waals surface area (Å²) in [6.07, 6.45) is 1.73. The van der Waals surface area contributed by atoms with Gasteiger partial charge in [0.15, 0.2) is 0 Å². The lowest BCUT2D eigenvalue weighted by Gasteiger charge is -2.16. The molecule has 2 heterocycles. The lowest BCUT2D eigenvalue weighted by Crippen LogP contribution is -2.06. The molecule has 1 aromatic heterocycles. The highest BCUT2D eigenvalue weighted by molar-refractivity contribution is 6.05. The van der Waals surface area contributed by atoms with Crippen molar-refractivity contribution in [3.63, 3.8) is 0 Å². The van der Waals surface area contributed by atoms with Gasteiger partial charge in [-0.2, -0.15) is 0 Å². The van der Waals surface area contributed by atoms with Crippen LogP contribution in [0.4, 0.5) is 0 Å². The first kappa shape index (κ1) is 16.8. The number of allylic oxidation sites excluding steroid dienone is 1. The Morgan fingerprint density at radius 1 is 1.00 bits per heavy atom. The van der Waals surface area contributed by atoms with Gasteiger partial charge in [0.05, 0.1) is 5.70 Å². The molecule has 0 bridgehead atoms. The molecule has 132 valence electrons. The van der Waals surface area contributed by atoms with E-state index in [0.29, 0.717) is 22.9 Å². The van der Waals surface area contributed by atoms with Gasteiger partial charge in [-0.3, -0.25) is 4.79 Å². The quantitative estimate of drug-likeness (QED) is 0.613. The van der Waals surface area contributed by atoms with Crippen molar-refractivity contribution in [1.29, 1.82) is 0 Å². The highest BCUT2D eigenvalue weighted by Gasteiger charge is 2.21. The Balaban J connectivity index is 1.71. The van der Waals surface area contributed by atoms with Crippen LogP contribution in [-0.4, -0.2) is 10.9 Å². The Hall–Kier alpha value is -3.60. The molecule has 0 atom stereocenters. The molecule has 27 heavy (non-hydrogen) atoms. The summed E-state index contributed by atoms with van der Waals surface area (Å²) in [7, 11) is 0. The van der Waals surface area contributed by atoms with Crippen LogP contribution < -0.4 is 4.74 Å². The molecule has 5 heteroatoms. The van der Waals surface area contributed by atoms with Crippen LogP contribution >= 0.6 is 0 Å². The number of carbonyl (C=O) groups excluding carboxylic acids is 1. The van der Waals surface area contributed by atoms with E-state index in [1.54, 1.807) is 13.1 Å². The molecule has 0 N–H and O–H groups in total. The molecule has 1 amide bonds. The number of ether oxygens (including phenoxy) is 1. The van der Waals surface area contributed by atoms with Crippen LogP contribution in [0, 0.1) is 6.92 Å². The molecule has 0 saturated carbocycles. The van der Waals surface area contributed by atoms with E-state index in [4.69, 9.17) is 4.74 Å². The van der Waals surface area contributed by atoms with Crippen molar-refractivity contribution >= 4 is 22.3 Å². The minimum Gasteiger partial charge on any atom is -0.438 e. The van der Waals surface area contributed by atoms with Gasteiger partial charge in [0.1, 0.15) is 5.75 Å². The summed E-state index contributed by atoms with van der Waals surface area (Å²) in [5.41, 5.74) is 3.60. The number of carbonyl (C=O) groups is 1. The highest BCUT2D eigenvalue weighted by atomic mass is 16.5. The number of aryl methyl sites for hydroxylation is 1. The second-order valence-corrected chi connectivity index (χ2v) is 6.37. The number of aromatic nitrogens is 1. The van der Waals surface area contributed by atoms with Crippen LogP contribution in [0.5, 0.6) is 11.6 Å². The molecule has 0 saturated heterocycles. The summed E-state index contributed by atoms with van der Waals surface area (Å²) >= 11 is 0. The second kappa shape index (κ2) is 6.61. The van der Waals surface area contributed by atoms with E-state index in [1.807, 2.05) is 55.5 Å². The summed E-state index contributed by atoms with van der Waals surface area (Å²) in [6.45, 7) is 7.61. The van der Waals surface area contributed by atoms with E-state index < -0.39 is 0 Å². The summed E-state index contributed by atoms with van der Waals surface area (Å²) in [5.74, 6) is 0.895. The molecule has 1 aliphatic rings. The van der Waals surface area contributed by atoms with Gasteiger partial charge < -0.3 is 4.74 Å². The average Bonchev–Trinajstić information content (AvgIpc) is 2.67. The second-order valence-electron chi connectivity index (χ2n) is 6.37. The Morgan fingerprint density at radius 3 is 2.63 bits per heavy atom. The maximum atomic E-state index is 11.9. The standard InChI is InChI=1S/C22H17N3O2/c1-13-12-17(27-22-19-7-5-4-6-16(19)10-11-23-22)8-9-18(13)20-14(2)21(26)25-24-15(20)3/h4-12H,3H2,1-2H3. The van der Waals surface area contributed by atoms with Crippen LogP contribution in [0.15, 0.2) is 82.8 Å². The molecule has 1 aliphatic heterocycles. The van der Waals surface area contributed by atoms with Crippen LogP contribution in [0.25, 0.3) is 16.3 Å². The maximum Gasteiger partial charge on any atom is 0.291 e. The fourth-order valence-corrected chi connectivity index (χ4v) is 3.18. The van der Waals surface area contributed by atoms with Crippen molar-refractivity contribution in [1.82, 2.24) is 4.98 Å². The predicted molar refractivity (Wildman–Crippen MR) is 105 cm³/mol. The van der Waals surface area contributed by atoms with Crippen molar-refractivity contribution in [2.24, 2.45) is 10.2 Å². The molecule has 4 rings (SSSR count). The van der Waals surface area contributed by atoms with Crippen molar-refractivity contribution < 1.29 is 9.53 Å². The summed E-state index contributed by atoms with van der Waals surface area (Å²) in [5, 5.41) is 9.48. The maximum absolute atomic E-state index is 11.9. The topological polar surface area (TPSA) is 63.9 Å². The molecule has 0 unspecified atom stereocenters. The van der Waals surface area contributed by atoms with Crippen molar-refractivity contribution in [2.45, 2.75) is 13.8 Å². The third-order valence-electron chi connectivity index (χ3n) is 4.56. The molecule has 5 nitrogen and oxygen atoms in total. The summed E-state index contributed by atoms with van der Waals surface area (Å²) in [6, 6.07) is 15.6. The predicted octanol–water partition coefficient (Wildman–Crippen LogP) is 5.62. The zero-order valence-corrected chi connectivity index (χ0v) is 15.1. The Kier molecular flexibility index (Phi) is 4.12. The van der Waals surface area contributed by atoms with E-state index >= 15 is 0 Å². The van der Waals surface area contributed by atoms with Gasteiger partial charge in [0, 0.05) is 22.7 Å². The number of benzene rings is 2. The normalized spacial score (nSPS) is 14.1. The zero-order valence-electron chi connectivity index (χ0n) is 15.1. The molecular formula is C22H17N3O2. The van der Waals surface area contributed by atoms with E-state index in [2.05, 4.69) is 21.8 Å². The molecule has 0 aliphatic carbocycles. The van der Waals surface area contributed by atoms with E-state index in [9.17, 15) is 4.79 Å². The summed E-state index contributed by atoms with van der Waals surface area (Å²) < 4.78 is 6.03. The average molecular weight is 355 g/mol. The first-order chi connectivity index (χ1) is 13.0. The minimum absolute atomic E-state index is 0.336. The molecule has 2 aromatic carbocycles. The number of rotatable bonds is 3. The van der Waals surface area contributed by atoms with E-state index in [1.165, 1.54) is 0 Å². The van der Waals surface area contributed by atoms with E-state index in [0.717, 1.165) is 27.5 Å². The van der Waals surface area contributed by atoms with Crippen molar-refractivity contribution in [3.05, 3.63) is 83.7 Å². The number of hydrogen-bond donors (Lipinski definition) is 0. The van der Waals surface area contributed by atoms with Crippen molar-refractivity contribution in [3.8, 4) is 11.6 Å². The van der Waals surface area contributed by atoms with Gasteiger partial charge in [-0.05, 0) is 54.6 Å². The number of azo groups is 1. The number of fused-ring (bicyclic) bond motifs is 1. The smallest absolute Gasteiger partial charge is 0.291 e. The lowest BCUT2D eigenvalue weighted by atomic mass is 9.93. The number of pyridine rings is 1. The molecule has 3 aromatic rings. The third kappa shape index (κ3) is 3.04. The van der Waals surface area contributed by atoms with Gasteiger partial charge in [-0.1, -0.05) is 30.8 Å². The first-order valence-corrected chi connectivity index (χ1v) is 8.53. The van der Waals surface area contributed by atoms with Gasteiger partial charge >= 0.3 is 0 Å². The Morgan fingerprint density at radius 2 is 1.81 bits per heavy atom. The monoisotopic (exact) mass is 355 g/mol. The molecule has 0 spiro atoms. The van der Waals surface area contributed by atoms with Crippen molar-refractivity contribution in [2.75, 3.05) is 0 Å². The first-order valence-electron chi connectivity index (χ1n) is 8.53. The van der Waals surface area contributed by atoms with Crippen LogP contribution in [0.1, 0.15) is 18.1 Å². The van der Waals surface area contributed by atoms with Gasteiger partial charge in [-0.15, -0.1) is 10.2 Å². The Labute approximate surface area is 156 Å². The van der Waals surface area contributed by atoms with Crippen LogP contribution in [0.3, 0.4) is 0 Å². The zero-order chi connectivity index (χ0) is 19.0. The largest absolute Gasteiger partial charge is 0.438 e. The molecule has 0 radical (unpaired) electrons. The summed E-state index contributed by atoms with van der Waals surface area (Å²) in [4.78, 5) is 16.2. The van der Waals surface area contributed by atoms with Gasteiger partial charge in [0.25, 0.3) is 5.91 Å². The highest BCUT2D eigenvalue weighted by Crippen LogP contribution is 2.35. The lowest BCUT2D eigenvalue weighted by molar-refractivity contribution is -0.114. The fourth-order valence-electron chi connectivity index (χ4n) is 3.18. The number of hydrogen-bond acceptors (Lipinski definition) is 4. The minimum atomic E-state index is -0.336. The Bertz CT molecular complexity index is 1150. The van der Waals surface area contributed by atoms with Crippen LogP contribution in [0.2, 0.25) is 0 Å². The van der Waals surface area contributed by atoms with Gasteiger partial charge in [0.2, 0.25) is 5.88 Å². The SMILES string of the molecule is C=C1N=NC(=O)C(C)=C1c1ccc(Oc2nccc3ccccc23)cc1C. The number of amides is 1. The van der Waals surface area contributed by atoms with E-state index in [-0.39, 0.29) is 5.91 Å².